The summed E-state index contributed by atoms with van der Waals surface area (Å²) in [6.07, 6.45) is 0. The maximum absolute atomic E-state index is 5.49. The van der Waals surface area contributed by atoms with E-state index in [4.69, 9.17) is 12.2 Å². The molecule has 19 heavy (non-hydrogen) atoms. The van der Waals surface area contributed by atoms with Gasteiger partial charge in [0.1, 0.15) is 5.52 Å². The molecule has 0 radical (unpaired) electrons. The monoisotopic (exact) mass is 292 g/mol. The minimum absolute atomic E-state index is 0.217. The van der Waals surface area contributed by atoms with Crippen LogP contribution >= 0.6 is 23.6 Å². The van der Waals surface area contributed by atoms with Crippen LogP contribution in [0.2, 0.25) is 0 Å². The predicted molar refractivity (Wildman–Crippen MR) is 81.5 cm³/mol. The Hall–Kier alpha value is -1.40. The van der Waals surface area contributed by atoms with Crippen LogP contribution < -0.4 is 0 Å². The lowest BCUT2D eigenvalue weighted by molar-refractivity contribution is 0.597. The Bertz CT molecular complexity index is 761. The minimum atomic E-state index is 0.217. The summed E-state index contributed by atoms with van der Waals surface area (Å²) >= 11 is 7.21. The van der Waals surface area contributed by atoms with Gasteiger partial charge in [-0.25, -0.2) is 4.68 Å². The summed E-state index contributed by atoms with van der Waals surface area (Å²) in [7, 11) is 0. The van der Waals surface area contributed by atoms with Crippen molar-refractivity contribution in [3.63, 3.8) is 0 Å². The van der Waals surface area contributed by atoms with E-state index >= 15 is 0 Å². The van der Waals surface area contributed by atoms with Crippen LogP contribution in [0.3, 0.4) is 0 Å². The first-order chi connectivity index (χ1) is 9.13. The zero-order chi connectivity index (χ0) is 13.6. The molecular weight excluding hydrogens is 276 g/mol. The van der Waals surface area contributed by atoms with Crippen LogP contribution in [0.4, 0.5) is 0 Å². The lowest BCUT2D eigenvalue weighted by atomic mass is 10.2. The van der Waals surface area contributed by atoms with Gasteiger partial charge in [-0.3, -0.25) is 4.57 Å². The number of hydrogen-bond donors (Lipinski definition) is 1. The second kappa shape index (κ2) is 4.61. The maximum Gasteiger partial charge on any atom is 0.179 e. The SMILES string of the molecule is CCn1nc(C)c2[nH]c(=S)n(C(C)c3ccsc3)c21. The second-order valence-electron chi connectivity index (χ2n) is 4.63. The number of fused-ring (bicyclic) bond motifs is 1. The van der Waals surface area contributed by atoms with Gasteiger partial charge in [-0.05, 0) is 55.4 Å². The molecule has 0 aliphatic heterocycles. The van der Waals surface area contributed by atoms with E-state index < -0.39 is 0 Å². The molecule has 3 aromatic heterocycles. The summed E-state index contributed by atoms with van der Waals surface area (Å²) in [6.45, 7) is 7.13. The average molecular weight is 292 g/mol. The first-order valence-corrected chi connectivity index (χ1v) is 7.68. The van der Waals surface area contributed by atoms with Crippen molar-refractivity contribution in [3.05, 3.63) is 32.9 Å². The van der Waals surface area contributed by atoms with Crippen LogP contribution in [0, 0.1) is 11.7 Å². The lowest BCUT2D eigenvalue weighted by Gasteiger charge is -2.13. The van der Waals surface area contributed by atoms with E-state index in [1.165, 1.54) is 5.56 Å². The lowest BCUT2D eigenvalue weighted by Crippen LogP contribution is -2.10. The molecule has 4 nitrogen and oxygen atoms in total. The molecule has 3 aromatic rings. The van der Waals surface area contributed by atoms with Crippen molar-refractivity contribution in [1.29, 1.82) is 0 Å². The van der Waals surface area contributed by atoms with Gasteiger partial charge in [-0.2, -0.15) is 16.4 Å². The summed E-state index contributed by atoms with van der Waals surface area (Å²) in [5.74, 6) is 0. The molecule has 0 aliphatic carbocycles. The molecule has 1 unspecified atom stereocenters. The molecule has 0 saturated heterocycles. The molecule has 3 heterocycles. The summed E-state index contributed by atoms with van der Waals surface area (Å²) in [6, 6.07) is 2.36. The quantitative estimate of drug-likeness (QED) is 0.744. The van der Waals surface area contributed by atoms with E-state index in [0.29, 0.717) is 0 Å². The van der Waals surface area contributed by atoms with Gasteiger partial charge < -0.3 is 4.98 Å². The Balaban J connectivity index is 2.28. The van der Waals surface area contributed by atoms with Crippen molar-refractivity contribution in [3.8, 4) is 0 Å². The van der Waals surface area contributed by atoms with Crippen LogP contribution in [0.1, 0.15) is 31.1 Å². The molecule has 0 bridgehead atoms. The molecule has 1 N–H and O–H groups in total. The number of aromatic amines is 1. The van der Waals surface area contributed by atoms with Gasteiger partial charge >= 0.3 is 0 Å². The van der Waals surface area contributed by atoms with Gasteiger partial charge in [0.15, 0.2) is 10.4 Å². The number of aryl methyl sites for hydroxylation is 2. The van der Waals surface area contributed by atoms with Crippen molar-refractivity contribution < 1.29 is 0 Å². The number of thiophene rings is 1. The third-order valence-corrected chi connectivity index (χ3v) is 4.49. The van der Waals surface area contributed by atoms with E-state index in [-0.39, 0.29) is 6.04 Å². The van der Waals surface area contributed by atoms with Crippen molar-refractivity contribution in [2.24, 2.45) is 0 Å². The van der Waals surface area contributed by atoms with E-state index in [2.05, 4.69) is 45.3 Å². The van der Waals surface area contributed by atoms with Crippen molar-refractivity contribution in [2.75, 3.05) is 0 Å². The van der Waals surface area contributed by atoms with Gasteiger partial charge in [0.2, 0.25) is 0 Å². The van der Waals surface area contributed by atoms with Crippen molar-refractivity contribution in [1.82, 2.24) is 19.3 Å². The van der Waals surface area contributed by atoms with Gasteiger partial charge in [0.25, 0.3) is 0 Å². The number of hydrogen-bond acceptors (Lipinski definition) is 3. The minimum Gasteiger partial charge on any atom is -0.328 e. The van der Waals surface area contributed by atoms with Gasteiger partial charge in [0, 0.05) is 6.54 Å². The Morgan fingerprint density at radius 2 is 2.32 bits per heavy atom. The molecule has 0 spiro atoms. The predicted octanol–water partition coefficient (Wildman–Crippen LogP) is 3.89. The van der Waals surface area contributed by atoms with E-state index in [0.717, 1.165) is 28.2 Å². The highest BCUT2D eigenvalue weighted by molar-refractivity contribution is 7.71. The van der Waals surface area contributed by atoms with Crippen LogP contribution in [0.15, 0.2) is 16.8 Å². The number of aromatic nitrogens is 4. The van der Waals surface area contributed by atoms with Gasteiger partial charge in [0.05, 0.1) is 11.7 Å². The highest BCUT2D eigenvalue weighted by Crippen LogP contribution is 2.27. The fourth-order valence-electron chi connectivity index (χ4n) is 2.47. The highest BCUT2D eigenvalue weighted by Gasteiger charge is 2.18. The Kier molecular flexibility index (Phi) is 3.06. The Morgan fingerprint density at radius 1 is 1.53 bits per heavy atom. The zero-order valence-electron chi connectivity index (χ0n) is 11.2. The largest absolute Gasteiger partial charge is 0.328 e. The summed E-state index contributed by atoms with van der Waals surface area (Å²) < 4.78 is 4.94. The van der Waals surface area contributed by atoms with Crippen LogP contribution in [-0.4, -0.2) is 19.3 Å². The molecule has 1 atom stereocenters. The van der Waals surface area contributed by atoms with Gasteiger partial charge in [-0.15, -0.1) is 0 Å². The zero-order valence-corrected chi connectivity index (χ0v) is 12.8. The average Bonchev–Trinajstić information content (AvgIpc) is 3.06. The normalized spacial score (nSPS) is 13.2. The van der Waals surface area contributed by atoms with Gasteiger partial charge in [-0.1, -0.05) is 0 Å². The molecule has 0 aromatic carbocycles. The van der Waals surface area contributed by atoms with E-state index in [9.17, 15) is 0 Å². The highest BCUT2D eigenvalue weighted by atomic mass is 32.1. The molecule has 0 saturated carbocycles. The van der Waals surface area contributed by atoms with E-state index in [1.54, 1.807) is 11.3 Å². The molecule has 6 heteroatoms. The number of nitrogens with one attached hydrogen (secondary N) is 1. The first-order valence-electron chi connectivity index (χ1n) is 6.33. The first kappa shape index (κ1) is 12.6. The van der Waals surface area contributed by atoms with Crippen LogP contribution in [0.5, 0.6) is 0 Å². The van der Waals surface area contributed by atoms with Crippen LogP contribution in [0.25, 0.3) is 11.2 Å². The van der Waals surface area contributed by atoms with Crippen LogP contribution in [-0.2, 0) is 6.54 Å². The molecule has 0 amide bonds. The number of nitrogens with zero attached hydrogens (tertiary/aromatic N) is 3. The van der Waals surface area contributed by atoms with E-state index in [1.807, 2.05) is 11.6 Å². The third-order valence-electron chi connectivity index (χ3n) is 3.49. The molecular formula is C13H16N4S2. The maximum atomic E-state index is 5.49. The number of H-pyrrole nitrogens is 1. The molecule has 100 valence electrons. The summed E-state index contributed by atoms with van der Waals surface area (Å²) in [5.41, 5.74) is 4.42. The van der Waals surface area contributed by atoms with Crippen molar-refractivity contribution >= 4 is 34.7 Å². The smallest absolute Gasteiger partial charge is 0.179 e. The number of imidazole rings is 1. The Labute approximate surface area is 120 Å². The molecule has 0 fully saturated rings. The fourth-order valence-corrected chi connectivity index (χ4v) is 3.56. The third kappa shape index (κ3) is 1.86. The topological polar surface area (TPSA) is 38.5 Å². The molecule has 0 aliphatic rings. The number of rotatable bonds is 3. The second-order valence-corrected chi connectivity index (χ2v) is 5.80. The Morgan fingerprint density at radius 3 is 2.95 bits per heavy atom. The standard InChI is InChI=1S/C13H16N4S2/c1-4-16-12-11(8(2)15-16)14-13(18)17(12)9(3)10-5-6-19-7-10/h5-7,9H,4H2,1-3H3,(H,14,18). The summed E-state index contributed by atoms with van der Waals surface area (Å²) in [5, 5.41) is 8.82. The van der Waals surface area contributed by atoms with Crippen molar-refractivity contribution in [2.45, 2.75) is 33.4 Å². The fraction of sp³-hybridized carbons (Fsp3) is 0.385. The summed E-state index contributed by atoms with van der Waals surface area (Å²) in [4.78, 5) is 3.29. The molecule has 3 rings (SSSR count).